The smallest absolute Gasteiger partial charge is 0.233 e. The number of carbonyl (C=O) groups is 1. The zero-order valence-electron chi connectivity index (χ0n) is 11.4. The van der Waals surface area contributed by atoms with E-state index in [1.807, 2.05) is 11.8 Å². The first-order chi connectivity index (χ1) is 8.65. The highest BCUT2D eigenvalue weighted by molar-refractivity contribution is 6.02. The van der Waals surface area contributed by atoms with Crippen molar-refractivity contribution in [1.82, 2.24) is 4.90 Å². The van der Waals surface area contributed by atoms with Crippen molar-refractivity contribution in [2.45, 2.75) is 58.4 Å². The van der Waals surface area contributed by atoms with Crippen LogP contribution in [-0.4, -0.2) is 34.4 Å². The maximum atomic E-state index is 12.5. The Morgan fingerprint density at radius 2 is 2.11 bits per heavy atom. The third kappa shape index (κ3) is 3.89. The summed E-state index contributed by atoms with van der Waals surface area (Å²) in [5, 5.41) is 11.8. The second kappa shape index (κ2) is 7.24. The highest BCUT2D eigenvalue weighted by atomic mass is 16.4. The van der Waals surface area contributed by atoms with E-state index in [1.54, 1.807) is 0 Å². The largest absolute Gasteiger partial charge is 0.409 e. The predicted octanol–water partition coefficient (Wildman–Crippen LogP) is 1.94. The Kier molecular flexibility index (Phi) is 5.95. The summed E-state index contributed by atoms with van der Waals surface area (Å²) in [5.41, 5.74) is 5.64. The second-order valence-electron chi connectivity index (χ2n) is 4.98. The molecule has 3 N–H and O–H groups in total. The zero-order valence-corrected chi connectivity index (χ0v) is 11.4. The molecule has 1 saturated carbocycles. The van der Waals surface area contributed by atoms with E-state index in [9.17, 15) is 4.79 Å². The summed E-state index contributed by atoms with van der Waals surface area (Å²) in [6, 6.07) is 0.384. The fourth-order valence-corrected chi connectivity index (χ4v) is 2.14. The van der Waals surface area contributed by atoms with Gasteiger partial charge in [0.1, 0.15) is 0 Å². The molecule has 0 heterocycles. The van der Waals surface area contributed by atoms with Crippen LogP contribution in [0.25, 0.3) is 0 Å². The van der Waals surface area contributed by atoms with Crippen molar-refractivity contribution in [3.05, 3.63) is 0 Å². The van der Waals surface area contributed by atoms with Crippen molar-refractivity contribution >= 4 is 11.7 Å². The minimum Gasteiger partial charge on any atom is -0.409 e. The minimum absolute atomic E-state index is 0.0306. The van der Waals surface area contributed by atoms with E-state index in [0.29, 0.717) is 12.5 Å². The zero-order chi connectivity index (χ0) is 13.5. The Balaban J connectivity index is 2.71. The molecule has 1 atom stereocenters. The van der Waals surface area contributed by atoms with Crippen molar-refractivity contribution in [2.75, 3.05) is 6.54 Å². The minimum atomic E-state index is -0.461. The molecule has 104 valence electrons. The number of hydrogen-bond donors (Lipinski definition) is 2. The lowest BCUT2D eigenvalue weighted by molar-refractivity contribution is -0.134. The molecule has 1 aliphatic rings. The molecule has 0 aromatic heterocycles. The van der Waals surface area contributed by atoms with Gasteiger partial charge in [-0.15, -0.1) is 0 Å². The molecule has 0 aliphatic heterocycles. The molecule has 1 rings (SSSR count). The van der Waals surface area contributed by atoms with Crippen LogP contribution in [0.4, 0.5) is 0 Å². The van der Waals surface area contributed by atoms with Crippen LogP contribution in [0.15, 0.2) is 5.16 Å². The van der Waals surface area contributed by atoms with E-state index in [-0.39, 0.29) is 11.7 Å². The lowest BCUT2D eigenvalue weighted by Crippen LogP contribution is -2.43. The Bertz CT molecular complexity index is 301. The maximum absolute atomic E-state index is 12.5. The van der Waals surface area contributed by atoms with Gasteiger partial charge in [-0.1, -0.05) is 31.8 Å². The molecule has 0 radical (unpaired) electrons. The second-order valence-corrected chi connectivity index (χ2v) is 4.98. The van der Waals surface area contributed by atoms with Gasteiger partial charge in [-0.3, -0.25) is 4.79 Å². The molecule has 5 nitrogen and oxygen atoms in total. The first kappa shape index (κ1) is 14.8. The van der Waals surface area contributed by atoms with E-state index in [0.717, 1.165) is 38.6 Å². The monoisotopic (exact) mass is 255 g/mol. The van der Waals surface area contributed by atoms with Crippen LogP contribution >= 0.6 is 0 Å². The maximum Gasteiger partial charge on any atom is 0.233 e. The van der Waals surface area contributed by atoms with Gasteiger partial charge in [0.15, 0.2) is 5.84 Å². The summed E-state index contributed by atoms with van der Waals surface area (Å²) in [7, 11) is 0. The van der Waals surface area contributed by atoms with Gasteiger partial charge in [0.05, 0.1) is 5.92 Å². The fraction of sp³-hybridized carbons (Fsp3) is 0.846. The van der Waals surface area contributed by atoms with E-state index in [4.69, 9.17) is 10.9 Å². The fourth-order valence-electron chi connectivity index (χ4n) is 2.14. The molecular formula is C13H25N3O2. The van der Waals surface area contributed by atoms with Crippen LogP contribution in [0.2, 0.25) is 0 Å². The van der Waals surface area contributed by atoms with E-state index in [2.05, 4.69) is 12.1 Å². The van der Waals surface area contributed by atoms with Crippen LogP contribution in [0, 0.1) is 5.92 Å². The van der Waals surface area contributed by atoms with Crippen LogP contribution in [0.3, 0.4) is 0 Å². The molecule has 18 heavy (non-hydrogen) atoms. The summed E-state index contributed by atoms with van der Waals surface area (Å²) < 4.78 is 0. The number of unbranched alkanes of at least 4 members (excludes halogenated alkanes) is 1. The number of amides is 1. The number of hydrogen-bond acceptors (Lipinski definition) is 3. The molecule has 1 fully saturated rings. The summed E-state index contributed by atoms with van der Waals surface area (Å²) in [6.07, 6.45) is 5.74. The summed E-state index contributed by atoms with van der Waals surface area (Å²) in [5.74, 6) is -0.385. The molecule has 0 bridgehead atoms. The van der Waals surface area contributed by atoms with Crippen molar-refractivity contribution in [3.8, 4) is 0 Å². The predicted molar refractivity (Wildman–Crippen MR) is 71.4 cm³/mol. The van der Waals surface area contributed by atoms with Gasteiger partial charge >= 0.3 is 0 Å². The number of amidine groups is 1. The van der Waals surface area contributed by atoms with Crippen LogP contribution in [-0.2, 0) is 4.79 Å². The van der Waals surface area contributed by atoms with E-state index in [1.165, 1.54) is 0 Å². The lowest BCUT2D eigenvalue weighted by atomic mass is 10.0. The van der Waals surface area contributed by atoms with Gasteiger partial charge in [-0.05, 0) is 25.7 Å². The molecular weight excluding hydrogens is 230 g/mol. The van der Waals surface area contributed by atoms with Gasteiger partial charge in [0.2, 0.25) is 5.91 Å². The van der Waals surface area contributed by atoms with Gasteiger partial charge in [-0.25, -0.2) is 0 Å². The molecule has 1 aliphatic carbocycles. The number of nitrogens with zero attached hydrogens (tertiary/aromatic N) is 2. The van der Waals surface area contributed by atoms with Crippen LogP contribution in [0.1, 0.15) is 52.4 Å². The third-order valence-corrected chi connectivity index (χ3v) is 3.37. The summed E-state index contributed by atoms with van der Waals surface area (Å²) in [6.45, 7) is 4.90. The van der Waals surface area contributed by atoms with Crippen molar-refractivity contribution < 1.29 is 10.0 Å². The van der Waals surface area contributed by atoms with Crippen LogP contribution < -0.4 is 5.73 Å². The molecule has 0 spiro atoms. The molecule has 0 aromatic rings. The SMILES string of the molecule is CCCCN(C(=O)C(CCC)/C(N)=N/O)C1CC1. The summed E-state index contributed by atoms with van der Waals surface area (Å²) >= 11 is 0. The van der Waals surface area contributed by atoms with Gasteiger partial charge in [0, 0.05) is 12.6 Å². The van der Waals surface area contributed by atoms with Crippen molar-refractivity contribution in [1.29, 1.82) is 0 Å². The molecule has 0 aromatic carbocycles. The number of nitrogens with two attached hydrogens (primary N) is 1. The van der Waals surface area contributed by atoms with E-state index < -0.39 is 5.92 Å². The molecule has 1 unspecified atom stereocenters. The molecule has 0 saturated heterocycles. The van der Waals surface area contributed by atoms with E-state index >= 15 is 0 Å². The molecule has 5 heteroatoms. The average Bonchev–Trinajstić information content (AvgIpc) is 3.19. The van der Waals surface area contributed by atoms with Crippen molar-refractivity contribution in [3.63, 3.8) is 0 Å². The Morgan fingerprint density at radius 1 is 1.44 bits per heavy atom. The van der Waals surface area contributed by atoms with Gasteiger partial charge in [-0.2, -0.15) is 0 Å². The van der Waals surface area contributed by atoms with Gasteiger partial charge < -0.3 is 15.8 Å². The lowest BCUT2D eigenvalue weighted by Gasteiger charge is -2.26. The third-order valence-electron chi connectivity index (χ3n) is 3.37. The van der Waals surface area contributed by atoms with Crippen LogP contribution in [0.5, 0.6) is 0 Å². The topological polar surface area (TPSA) is 78.9 Å². The number of rotatable bonds is 8. The Hall–Kier alpha value is -1.26. The normalized spacial score (nSPS) is 17.6. The Labute approximate surface area is 109 Å². The van der Waals surface area contributed by atoms with Gasteiger partial charge in [0.25, 0.3) is 0 Å². The highest BCUT2D eigenvalue weighted by Crippen LogP contribution is 2.29. The average molecular weight is 255 g/mol. The summed E-state index contributed by atoms with van der Waals surface area (Å²) in [4.78, 5) is 14.4. The van der Waals surface area contributed by atoms with Crippen molar-refractivity contribution in [2.24, 2.45) is 16.8 Å². The quantitative estimate of drug-likeness (QED) is 0.301. The number of oxime groups is 1. The first-order valence-corrected chi connectivity index (χ1v) is 6.93. The highest BCUT2D eigenvalue weighted by Gasteiger charge is 2.36. The molecule has 1 amide bonds. The Morgan fingerprint density at radius 3 is 2.56 bits per heavy atom. The first-order valence-electron chi connectivity index (χ1n) is 6.93. The standard InChI is InChI=1S/C13H25N3O2/c1-3-5-9-16(10-7-8-10)13(17)11(6-4-2)12(14)15-18/h10-11,18H,3-9H2,1-2H3,(H2,14,15). The number of carbonyl (C=O) groups excluding carboxylic acids is 1.